The van der Waals surface area contributed by atoms with Crippen molar-refractivity contribution in [1.82, 2.24) is 9.97 Å². The molecule has 2 aromatic heterocycles. The third-order valence-electron chi connectivity index (χ3n) is 3.24. The van der Waals surface area contributed by atoms with E-state index in [9.17, 15) is 0 Å². The van der Waals surface area contributed by atoms with Crippen LogP contribution in [-0.2, 0) is 6.54 Å². The van der Waals surface area contributed by atoms with Gasteiger partial charge in [-0.15, -0.1) is 0 Å². The van der Waals surface area contributed by atoms with Crippen molar-refractivity contribution in [3.05, 3.63) is 64.0 Å². The second kappa shape index (κ2) is 5.88. The van der Waals surface area contributed by atoms with Crippen LogP contribution in [0.2, 0.25) is 10.3 Å². The van der Waals surface area contributed by atoms with Crippen molar-refractivity contribution in [3.8, 4) is 0 Å². The Kier molecular flexibility index (Phi) is 3.95. The Balaban J connectivity index is 1.83. The van der Waals surface area contributed by atoms with E-state index in [1.165, 1.54) is 0 Å². The van der Waals surface area contributed by atoms with Gasteiger partial charge >= 0.3 is 0 Å². The molecule has 3 rings (SSSR count). The summed E-state index contributed by atoms with van der Waals surface area (Å²) in [6.45, 7) is 2.52. The highest BCUT2D eigenvalue weighted by Gasteiger charge is 2.07. The second-order valence-corrected chi connectivity index (χ2v) is 5.52. The number of pyridine rings is 2. The monoisotopic (exact) mass is 317 g/mol. The number of anilines is 1. The Bertz CT molecular complexity index is 779. The van der Waals surface area contributed by atoms with E-state index in [1.807, 2.05) is 37.3 Å². The first-order chi connectivity index (χ1) is 10.1. The zero-order chi connectivity index (χ0) is 14.8. The maximum atomic E-state index is 6.12. The summed E-state index contributed by atoms with van der Waals surface area (Å²) < 4.78 is 0. The molecule has 0 saturated heterocycles. The lowest BCUT2D eigenvalue weighted by Crippen LogP contribution is -2.04. The molecule has 0 unspecified atom stereocenters. The molecular formula is C16H13Cl2N3. The largest absolute Gasteiger partial charge is 0.377 e. The predicted molar refractivity (Wildman–Crippen MR) is 88.1 cm³/mol. The lowest BCUT2D eigenvalue weighted by Gasteiger charge is -2.11. The number of rotatable bonds is 3. The Morgan fingerprint density at radius 3 is 2.67 bits per heavy atom. The summed E-state index contributed by atoms with van der Waals surface area (Å²) >= 11 is 12.0. The van der Waals surface area contributed by atoms with Crippen LogP contribution in [-0.4, -0.2) is 9.97 Å². The summed E-state index contributed by atoms with van der Waals surface area (Å²) in [5.41, 5.74) is 3.67. The highest BCUT2D eigenvalue weighted by atomic mass is 35.5. The van der Waals surface area contributed by atoms with E-state index in [0.717, 1.165) is 27.8 Å². The van der Waals surface area contributed by atoms with Crippen molar-refractivity contribution in [2.45, 2.75) is 13.5 Å². The number of fused-ring (bicyclic) bond motifs is 1. The van der Waals surface area contributed by atoms with E-state index in [4.69, 9.17) is 23.2 Å². The fraction of sp³-hybridized carbons (Fsp3) is 0.125. The van der Waals surface area contributed by atoms with Crippen LogP contribution >= 0.6 is 23.2 Å². The summed E-state index contributed by atoms with van der Waals surface area (Å²) in [5.74, 6) is 0. The molecule has 3 aromatic rings. The summed E-state index contributed by atoms with van der Waals surface area (Å²) in [4.78, 5) is 8.66. The smallest absolute Gasteiger partial charge is 0.154 e. The van der Waals surface area contributed by atoms with Crippen LogP contribution in [0.25, 0.3) is 10.9 Å². The Hall–Kier alpha value is -1.84. The van der Waals surface area contributed by atoms with Crippen LogP contribution in [0, 0.1) is 6.92 Å². The van der Waals surface area contributed by atoms with Crippen LogP contribution in [0.1, 0.15) is 11.3 Å². The van der Waals surface area contributed by atoms with Crippen LogP contribution < -0.4 is 5.32 Å². The third kappa shape index (κ3) is 3.09. The SMILES string of the molecule is Cc1cc(Cl)nc(Cl)c1NCc1ccc2ccccc2n1. The molecule has 0 saturated carbocycles. The number of aryl methyl sites for hydroxylation is 1. The van der Waals surface area contributed by atoms with Gasteiger partial charge in [-0.05, 0) is 30.7 Å². The molecule has 106 valence electrons. The van der Waals surface area contributed by atoms with Crippen LogP contribution in [0.5, 0.6) is 0 Å². The van der Waals surface area contributed by atoms with Gasteiger partial charge in [-0.1, -0.05) is 47.5 Å². The van der Waals surface area contributed by atoms with E-state index in [0.29, 0.717) is 16.9 Å². The van der Waals surface area contributed by atoms with Crippen molar-refractivity contribution < 1.29 is 0 Å². The molecule has 3 nitrogen and oxygen atoms in total. The van der Waals surface area contributed by atoms with E-state index < -0.39 is 0 Å². The van der Waals surface area contributed by atoms with Crippen LogP contribution in [0.4, 0.5) is 5.69 Å². The van der Waals surface area contributed by atoms with E-state index in [1.54, 1.807) is 6.07 Å². The van der Waals surface area contributed by atoms with Crippen molar-refractivity contribution in [1.29, 1.82) is 0 Å². The minimum atomic E-state index is 0.376. The molecule has 0 atom stereocenters. The number of halogens is 2. The molecule has 0 fully saturated rings. The number of nitrogens with zero attached hydrogens (tertiary/aromatic N) is 2. The summed E-state index contributed by atoms with van der Waals surface area (Å²) in [7, 11) is 0. The fourth-order valence-electron chi connectivity index (χ4n) is 2.19. The molecule has 0 aliphatic carbocycles. The Morgan fingerprint density at radius 2 is 1.86 bits per heavy atom. The molecule has 0 aliphatic rings. The van der Waals surface area contributed by atoms with Gasteiger partial charge in [-0.2, -0.15) is 0 Å². The summed E-state index contributed by atoms with van der Waals surface area (Å²) in [5, 5.41) is 5.17. The number of hydrogen-bond donors (Lipinski definition) is 1. The van der Waals surface area contributed by atoms with Gasteiger partial charge in [0.2, 0.25) is 0 Å². The maximum absolute atomic E-state index is 6.12. The van der Waals surface area contributed by atoms with Gasteiger partial charge in [0, 0.05) is 5.39 Å². The van der Waals surface area contributed by atoms with E-state index in [2.05, 4.69) is 21.4 Å². The second-order valence-electron chi connectivity index (χ2n) is 4.78. The number of para-hydroxylation sites is 1. The molecular weight excluding hydrogens is 305 g/mol. The number of nitrogens with one attached hydrogen (secondary N) is 1. The normalized spacial score (nSPS) is 10.8. The quantitative estimate of drug-likeness (QED) is 0.701. The lowest BCUT2D eigenvalue weighted by molar-refractivity contribution is 1.06. The minimum absolute atomic E-state index is 0.376. The first-order valence-corrected chi connectivity index (χ1v) is 7.30. The first kappa shape index (κ1) is 14.1. The predicted octanol–water partition coefficient (Wildman–Crippen LogP) is 4.86. The zero-order valence-corrected chi connectivity index (χ0v) is 12.9. The fourth-order valence-corrected chi connectivity index (χ4v) is 2.79. The molecule has 0 amide bonds. The molecule has 0 radical (unpaired) electrons. The molecule has 2 heterocycles. The van der Waals surface area contributed by atoms with Crippen molar-refractivity contribution >= 4 is 39.8 Å². The van der Waals surface area contributed by atoms with Gasteiger partial charge < -0.3 is 5.32 Å². The number of aromatic nitrogens is 2. The van der Waals surface area contributed by atoms with Gasteiger partial charge in [-0.25, -0.2) is 4.98 Å². The molecule has 5 heteroatoms. The van der Waals surface area contributed by atoms with Gasteiger partial charge in [-0.3, -0.25) is 4.98 Å². The highest BCUT2D eigenvalue weighted by molar-refractivity contribution is 6.34. The molecule has 0 aliphatic heterocycles. The maximum Gasteiger partial charge on any atom is 0.154 e. The molecule has 1 aromatic carbocycles. The Morgan fingerprint density at radius 1 is 1.05 bits per heavy atom. The van der Waals surface area contributed by atoms with E-state index in [-0.39, 0.29) is 0 Å². The molecule has 21 heavy (non-hydrogen) atoms. The molecule has 0 spiro atoms. The number of hydrogen-bond acceptors (Lipinski definition) is 3. The van der Waals surface area contributed by atoms with E-state index >= 15 is 0 Å². The van der Waals surface area contributed by atoms with Gasteiger partial charge in [0.15, 0.2) is 5.15 Å². The standard InChI is InChI=1S/C16H13Cl2N3/c1-10-8-14(17)21-16(18)15(10)19-9-12-7-6-11-4-2-3-5-13(11)20-12/h2-8,19H,9H2,1H3. The third-order valence-corrected chi connectivity index (χ3v) is 3.71. The highest BCUT2D eigenvalue weighted by Crippen LogP contribution is 2.26. The van der Waals surface area contributed by atoms with Gasteiger partial charge in [0.25, 0.3) is 0 Å². The van der Waals surface area contributed by atoms with Gasteiger partial charge in [0.05, 0.1) is 23.4 Å². The Labute approximate surface area is 132 Å². The van der Waals surface area contributed by atoms with Crippen molar-refractivity contribution in [3.63, 3.8) is 0 Å². The average molecular weight is 318 g/mol. The van der Waals surface area contributed by atoms with Gasteiger partial charge in [0.1, 0.15) is 5.15 Å². The van der Waals surface area contributed by atoms with Crippen LogP contribution in [0.15, 0.2) is 42.5 Å². The molecule has 0 bridgehead atoms. The van der Waals surface area contributed by atoms with Crippen molar-refractivity contribution in [2.75, 3.05) is 5.32 Å². The average Bonchev–Trinajstić information content (AvgIpc) is 2.46. The van der Waals surface area contributed by atoms with Crippen molar-refractivity contribution in [2.24, 2.45) is 0 Å². The number of benzene rings is 1. The summed E-state index contributed by atoms with van der Waals surface area (Å²) in [6.07, 6.45) is 0. The topological polar surface area (TPSA) is 37.8 Å². The zero-order valence-electron chi connectivity index (χ0n) is 11.4. The molecule has 1 N–H and O–H groups in total. The van der Waals surface area contributed by atoms with Crippen LogP contribution in [0.3, 0.4) is 0 Å². The minimum Gasteiger partial charge on any atom is -0.377 e. The summed E-state index contributed by atoms with van der Waals surface area (Å²) in [6, 6.07) is 13.9. The first-order valence-electron chi connectivity index (χ1n) is 6.54. The lowest BCUT2D eigenvalue weighted by atomic mass is 10.2.